The molecule has 39 heavy (non-hydrogen) atoms. The topological polar surface area (TPSA) is 122 Å². The summed E-state index contributed by atoms with van der Waals surface area (Å²) in [5, 5.41) is 14.4. The van der Waals surface area contributed by atoms with E-state index in [2.05, 4.69) is 77.0 Å². The first kappa shape index (κ1) is 35.3. The molecule has 8 heteroatoms. The molecular formula is C31H46N2O6. The monoisotopic (exact) mass is 542 g/mol. The predicted molar refractivity (Wildman–Crippen MR) is 156 cm³/mol. The lowest BCUT2D eigenvalue weighted by Crippen LogP contribution is -2.41. The van der Waals surface area contributed by atoms with Crippen molar-refractivity contribution in [3.63, 3.8) is 0 Å². The lowest BCUT2D eigenvalue weighted by Gasteiger charge is -2.14. The zero-order valence-corrected chi connectivity index (χ0v) is 23.5. The number of unbranched alkanes of at least 4 members (excludes halogenated alkanes) is 1. The number of esters is 1. The number of rotatable bonds is 22. The van der Waals surface area contributed by atoms with Crippen molar-refractivity contribution in [2.45, 2.75) is 84.1 Å². The van der Waals surface area contributed by atoms with Crippen LogP contribution >= 0.6 is 0 Å². The fraction of sp³-hybridized carbons (Fsp3) is 0.484. The Kier molecular flexibility index (Phi) is 23.5. The van der Waals surface area contributed by atoms with Gasteiger partial charge in [0.25, 0.3) is 0 Å². The van der Waals surface area contributed by atoms with Crippen molar-refractivity contribution in [2.75, 3.05) is 13.2 Å². The first-order valence-electron chi connectivity index (χ1n) is 13.8. The summed E-state index contributed by atoms with van der Waals surface area (Å²) >= 11 is 0. The summed E-state index contributed by atoms with van der Waals surface area (Å²) in [6.07, 6.45) is 30.3. The number of nitrogens with one attached hydrogen (secondary N) is 2. The molecule has 0 spiro atoms. The minimum atomic E-state index is -1.12. The van der Waals surface area contributed by atoms with Crippen LogP contribution in [0.3, 0.4) is 0 Å². The van der Waals surface area contributed by atoms with Crippen LogP contribution in [0.4, 0.5) is 0 Å². The van der Waals surface area contributed by atoms with Crippen LogP contribution in [0.5, 0.6) is 0 Å². The minimum absolute atomic E-state index is 0.178. The highest BCUT2D eigenvalue weighted by atomic mass is 16.5. The quantitative estimate of drug-likeness (QED) is 0.0719. The zero-order chi connectivity index (χ0) is 29.0. The lowest BCUT2D eigenvalue weighted by molar-refractivity contribution is -0.142. The molecule has 0 saturated carbocycles. The van der Waals surface area contributed by atoms with E-state index in [0.29, 0.717) is 12.8 Å². The van der Waals surface area contributed by atoms with Crippen molar-refractivity contribution in [1.29, 1.82) is 0 Å². The Hall–Kier alpha value is -3.68. The summed E-state index contributed by atoms with van der Waals surface area (Å²) in [4.78, 5) is 46.4. The summed E-state index contributed by atoms with van der Waals surface area (Å²) in [7, 11) is 0. The van der Waals surface area contributed by atoms with E-state index in [-0.39, 0.29) is 31.9 Å². The third-order valence-electron chi connectivity index (χ3n) is 5.19. The fourth-order valence-corrected chi connectivity index (χ4v) is 3.18. The molecule has 2 amide bonds. The number of carbonyl (C=O) groups excluding carboxylic acids is 3. The summed E-state index contributed by atoms with van der Waals surface area (Å²) in [5.74, 6) is -2.51. The highest BCUT2D eigenvalue weighted by Gasteiger charge is 2.19. The van der Waals surface area contributed by atoms with Gasteiger partial charge < -0.3 is 20.5 Å². The van der Waals surface area contributed by atoms with Gasteiger partial charge in [0.05, 0.1) is 6.61 Å². The van der Waals surface area contributed by atoms with E-state index < -0.39 is 23.9 Å². The van der Waals surface area contributed by atoms with Crippen LogP contribution in [0.2, 0.25) is 0 Å². The van der Waals surface area contributed by atoms with Crippen LogP contribution in [-0.2, 0) is 23.9 Å². The Balaban J connectivity index is 3.97. The number of carboxylic acids is 1. The van der Waals surface area contributed by atoms with E-state index in [4.69, 9.17) is 0 Å². The molecule has 0 heterocycles. The van der Waals surface area contributed by atoms with Crippen molar-refractivity contribution in [2.24, 2.45) is 0 Å². The van der Waals surface area contributed by atoms with E-state index in [9.17, 15) is 24.3 Å². The fourth-order valence-electron chi connectivity index (χ4n) is 3.18. The molecule has 0 aliphatic carbocycles. The number of allylic oxidation sites excluding steroid dienone is 10. The smallest absolute Gasteiger partial charge is 0.330 e. The Labute approximate surface area is 233 Å². The number of carboxylic acid groups (broad SMARTS) is 1. The van der Waals surface area contributed by atoms with Gasteiger partial charge in [-0.05, 0) is 64.7 Å². The largest absolute Gasteiger partial charge is 0.480 e. The number of ether oxygens (including phenoxy) is 1. The van der Waals surface area contributed by atoms with Crippen LogP contribution in [0.15, 0.2) is 72.9 Å². The maximum Gasteiger partial charge on any atom is 0.330 e. The molecule has 0 aromatic rings. The number of hydrogen-bond donors (Lipinski definition) is 3. The molecule has 0 bridgehead atoms. The molecular weight excluding hydrogens is 496 g/mol. The molecule has 216 valence electrons. The van der Waals surface area contributed by atoms with Gasteiger partial charge in [-0.25, -0.2) is 9.59 Å². The van der Waals surface area contributed by atoms with Crippen molar-refractivity contribution in [1.82, 2.24) is 10.6 Å². The van der Waals surface area contributed by atoms with Gasteiger partial charge in [0.2, 0.25) is 11.8 Å². The maximum absolute atomic E-state index is 12.1. The lowest BCUT2D eigenvalue weighted by atomic mass is 10.1. The average Bonchev–Trinajstić information content (AvgIpc) is 2.91. The van der Waals surface area contributed by atoms with Crippen molar-refractivity contribution in [3.05, 3.63) is 72.9 Å². The van der Waals surface area contributed by atoms with E-state index in [1.165, 1.54) is 0 Å². The summed E-state index contributed by atoms with van der Waals surface area (Å²) < 4.78 is 4.68. The van der Waals surface area contributed by atoms with E-state index >= 15 is 0 Å². The summed E-state index contributed by atoms with van der Waals surface area (Å²) in [6, 6.07) is -1.02. The van der Waals surface area contributed by atoms with Crippen LogP contribution in [0, 0.1) is 0 Å². The second-order valence-corrected chi connectivity index (χ2v) is 8.58. The molecule has 0 fully saturated rings. The molecule has 0 rings (SSSR count). The standard InChI is InChI=1S/C31H46N2O6/c1-3-5-6-7-8-9-10-11-12-13-14-15-16-17-18-19-20-23-29(35)33-27(31(37)38)22-21-26-32-28(34)24-25-30(36)39-4-2/h5-6,8-9,11-12,14-15,17-18,24-25,27H,3-4,7,10,13,16,19-23,26H2,1-2H3,(H,32,34)(H,33,35)(H,37,38). The average molecular weight is 543 g/mol. The summed E-state index contributed by atoms with van der Waals surface area (Å²) in [6.45, 7) is 4.23. The predicted octanol–water partition coefficient (Wildman–Crippen LogP) is 5.49. The van der Waals surface area contributed by atoms with Gasteiger partial charge in [-0.2, -0.15) is 0 Å². The van der Waals surface area contributed by atoms with Gasteiger partial charge in [-0.1, -0.05) is 67.7 Å². The van der Waals surface area contributed by atoms with Crippen molar-refractivity contribution >= 4 is 23.8 Å². The molecule has 8 nitrogen and oxygen atoms in total. The molecule has 0 radical (unpaired) electrons. The van der Waals surface area contributed by atoms with Gasteiger partial charge in [0, 0.05) is 25.1 Å². The van der Waals surface area contributed by atoms with Gasteiger partial charge >= 0.3 is 11.9 Å². The third-order valence-corrected chi connectivity index (χ3v) is 5.19. The molecule has 3 N–H and O–H groups in total. The summed E-state index contributed by atoms with van der Waals surface area (Å²) in [5.41, 5.74) is 0. The first-order chi connectivity index (χ1) is 18.9. The van der Waals surface area contributed by atoms with Crippen LogP contribution in [-0.4, -0.2) is 48.1 Å². The van der Waals surface area contributed by atoms with Crippen molar-refractivity contribution in [3.8, 4) is 0 Å². The highest BCUT2D eigenvalue weighted by molar-refractivity contribution is 5.94. The Morgan fingerprint density at radius 3 is 1.87 bits per heavy atom. The third kappa shape index (κ3) is 24.4. The second kappa shape index (κ2) is 25.9. The molecule has 0 saturated heterocycles. The number of aliphatic carboxylic acids is 1. The molecule has 0 aromatic heterocycles. The van der Waals surface area contributed by atoms with Crippen LogP contribution in [0.25, 0.3) is 0 Å². The van der Waals surface area contributed by atoms with E-state index in [1.54, 1.807) is 6.92 Å². The number of carbonyl (C=O) groups is 4. The van der Waals surface area contributed by atoms with Gasteiger partial charge in [-0.3, -0.25) is 9.59 Å². The Morgan fingerprint density at radius 1 is 0.769 bits per heavy atom. The molecule has 0 aliphatic rings. The van der Waals surface area contributed by atoms with E-state index in [0.717, 1.165) is 50.7 Å². The number of hydrogen-bond acceptors (Lipinski definition) is 5. The van der Waals surface area contributed by atoms with Crippen LogP contribution < -0.4 is 10.6 Å². The molecule has 0 aromatic carbocycles. The number of amides is 2. The molecule has 0 aliphatic heterocycles. The van der Waals surface area contributed by atoms with Gasteiger partial charge in [0.1, 0.15) is 6.04 Å². The zero-order valence-electron chi connectivity index (χ0n) is 23.5. The Morgan fingerprint density at radius 2 is 1.33 bits per heavy atom. The van der Waals surface area contributed by atoms with Crippen molar-refractivity contribution < 1.29 is 29.0 Å². The van der Waals surface area contributed by atoms with Crippen LogP contribution in [0.1, 0.15) is 78.1 Å². The highest BCUT2D eigenvalue weighted by Crippen LogP contribution is 2.02. The second-order valence-electron chi connectivity index (χ2n) is 8.58. The maximum atomic E-state index is 12.1. The SMILES string of the molecule is CCC=CCC=CCC=CCC=CCC=CCCCC(=O)NC(CCCNC(=O)C=CC(=O)OCC)C(=O)O. The molecule has 1 unspecified atom stereocenters. The van der Waals surface area contributed by atoms with E-state index in [1.807, 2.05) is 6.08 Å². The van der Waals surface area contributed by atoms with Gasteiger partial charge in [0.15, 0.2) is 0 Å². The first-order valence-corrected chi connectivity index (χ1v) is 13.8. The Bertz CT molecular complexity index is 884. The minimum Gasteiger partial charge on any atom is -0.480 e. The molecule has 1 atom stereocenters. The van der Waals surface area contributed by atoms with Gasteiger partial charge in [-0.15, -0.1) is 0 Å². The normalized spacial score (nSPS) is 12.9.